The Labute approximate surface area is 186 Å². The Morgan fingerprint density at radius 2 is 1.77 bits per heavy atom. The van der Waals surface area contributed by atoms with Crippen LogP contribution in [0.1, 0.15) is 5.56 Å². The van der Waals surface area contributed by atoms with Gasteiger partial charge in [-0.05, 0) is 19.1 Å². The summed E-state index contributed by atoms with van der Waals surface area (Å²) in [6, 6.07) is 17.8. The van der Waals surface area contributed by atoms with Gasteiger partial charge in [-0.1, -0.05) is 59.8 Å². The molecule has 0 unspecified atom stereocenters. The molecule has 0 saturated carbocycles. The first-order chi connectivity index (χ1) is 15.2. The Kier molecular flexibility index (Phi) is 7.35. The lowest BCUT2D eigenvalue weighted by atomic mass is 10.2. The fourth-order valence-electron chi connectivity index (χ4n) is 3.43. The number of morpholine rings is 1. The summed E-state index contributed by atoms with van der Waals surface area (Å²) >= 11 is 1.41. The zero-order chi connectivity index (χ0) is 21.5. The molecular formula is C23H27N5O2S. The van der Waals surface area contributed by atoms with E-state index in [1.807, 2.05) is 61.5 Å². The van der Waals surface area contributed by atoms with Gasteiger partial charge in [-0.25, -0.2) is 0 Å². The number of aryl methyl sites for hydroxylation is 1. The number of hydrogen-bond donors (Lipinski definition) is 1. The molecule has 1 fully saturated rings. The zero-order valence-corrected chi connectivity index (χ0v) is 18.5. The van der Waals surface area contributed by atoms with Gasteiger partial charge in [0.1, 0.15) is 0 Å². The normalized spacial score (nSPS) is 14.5. The van der Waals surface area contributed by atoms with Crippen molar-refractivity contribution in [3.63, 3.8) is 0 Å². The summed E-state index contributed by atoms with van der Waals surface area (Å²) in [6.45, 7) is 7.09. The first-order valence-electron chi connectivity index (χ1n) is 10.5. The zero-order valence-electron chi connectivity index (χ0n) is 17.7. The van der Waals surface area contributed by atoms with Crippen molar-refractivity contribution in [3.8, 4) is 11.4 Å². The number of rotatable bonds is 8. The highest BCUT2D eigenvalue weighted by molar-refractivity contribution is 7.99. The van der Waals surface area contributed by atoms with Crippen LogP contribution in [-0.4, -0.2) is 64.2 Å². The number of carbonyl (C=O) groups is 1. The average Bonchev–Trinajstić information content (AvgIpc) is 3.22. The predicted molar refractivity (Wildman–Crippen MR) is 123 cm³/mol. The van der Waals surface area contributed by atoms with Crippen LogP contribution in [-0.2, 0) is 16.1 Å². The maximum Gasteiger partial charge on any atom is 0.234 e. The van der Waals surface area contributed by atoms with Crippen molar-refractivity contribution >= 4 is 23.4 Å². The number of ether oxygens (including phenoxy) is 1. The quantitative estimate of drug-likeness (QED) is 0.545. The molecule has 1 saturated heterocycles. The number of nitrogens with zero attached hydrogens (tertiary/aromatic N) is 4. The number of amides is 1. The third-order valence-corrected chi connectivity index (χ3v) is 6.13. The van der Waals surface area contributed by atoms with Gasteiger partial charge in [0, 0.05) is 37.4 Å². The highest BCUT2D eigenvalue weighted by Crippen LogP contribution is 2.24. The minimum atomic E-state index is -0.0576. The van der Waals surface area contributed by atoms with Crippen molar-refractivity contribution in [2.24, 2.45) is 0 Å². The van der Waals surface area contributed by atoms with Crippen LogP contribution in [0.4, 0.5) is 5.69 Å². The molecule has 1 amide bonds. The number of aromatic nitrogens is 3. The third-order valence-electron chi connectivity index (χ3n) is 5.16. The molecular weight excluding hydrogens is 410 g/mol. The summed E-state index contributed by atoms with van der Waals surface area (Å²) in [5.74, 6) is 1.05. The smallest absolute Gasteiger partial charge is 0.234 e. The lowest BCUT2D eigenvalue weighted by Crippen LogP contribution is -2.38. The van der Waals surface area contributed by atoms with Crippen molar-refractivity contribution < 1.29 is 9.53 Å². The molecule has 0 bridgehead atoms. The van der Waals surface area contributed by atoms with Crippen LogP contribution >= 0.6 is 11.8 Å². The number of thioether (sulfide) groups is 1. The second-order valence-electron chi connectivity index (χ2n) is 7.48. The van der Waals surface area contributed by atoms with Crippen molar-refractivity contribution in [3.05, 3.63) is 60.2 Å². The predicted octanol–water partition coefficient (Wildman–Crippen LogP) is 3.32. The van der Waals surface area contributed by atoms with Gasteiger partial charge in [-0.3, -0.25) is 9.69 Å². The number of carbonyl (C=O) groups excluding carboxylic acids is 1. The van der Waals surface area contributed by atoms with E-state index >= 15 is 0 Å². The Morgan fingerprint density at radius 1 is 1.03 bits per heavy atom. The van der Waals surface area contributed by atoms with Crippen LogP contribution in [0.2, 0.25) is 0 Å². The second kappa shape index (κ2) is 10.6. The van der Waals surface area contributed by atoms with Crippen LogP contribution in [0.3, 0.4) is 0 Å². The Balaban J connectivity index is 1.44. The van der Waals surface area contributed by atoms with Crippen LogP contribution in [0.15, 0.2) is 59.8 Å². The van der Waals surface area contributed by atoms with E-state index in [1.165, 1.54) is 11.8 Å². The standard InChI is InChI=1S/C23H27N5O2S/c1-18-7-9-20(10-8-18)24-21(29)17-31-23-26-25-22(19-5-3-2-4-6-19)28(23)12-11-27-13-15-30-16-14-27/h2-10H,11-17H2,1H3,(H,24,29). The highest BCUT2D eigenvalue weighted by Gasteiger charge is 2.17. The molecule has 8 heteroatoms. The first-order valence-corrected chi connectivity index (χ1v) is 11.5. The van der Waals surface area contributed by atoms with Crippen molar-refractivity contribution in [1.29, 1.82) is 0 Å². The second-order valence-corrected chi connectivity index (χ2v) is 8.42. The molecule has 1 aromatic heterocycles. The summed E-state index contributed by atoms with van der Waals surface area (Å²) in [5.41, 5.74) is 2.98. The highest BCUT2D eigenvalue weighted by atomic mass is 32.2. The van der Waals surface area contributed by atoms with Crippen LogP contribution in [0.25, 0.3) is 11.4 Å². The van der Waals surface area contributed by atoms with E-state index < -0.39 is 0 Å². The van der Waals surface area contributed by atoms with E-state index in [4.69, 9.17) is 4.74 Å². The summed E-state index contributed by atoms with van der Waals surface area (Å²) in [6.07, 6.45) is 0. The number of anilines is 1. The van der Waals surface area contributed by atoms with Crippen LogP contribution in [0, 0.1) is 6.92 Å². The molecule has 31 heavy (non-hydrogen) atoms. The van der Waals surface area contributed by atoms with Gasteiger partial charge >= 0.3 is 0 Å². The third kappa shape index (κ3) is 5.94. The molecule has 0 radical (unpaired) electrons. The summed E-state index contributed by atoms with van der Waals surface area (Å²) in [5, 5.41) is 12.5. The van der Waals surface area contributed by atoms with Crippen molar-refractivity contribution in [2.45, 2.75) is 18.6 Å². The summed E-state index contributed by atoms with van der Waals surface area (Å²) in [7, 11) is 0. The van der Waals surface area contributed by atoms with Gasteiger partial charge in [0.25, 0.3) is 0 Å². The lowest BCUT2D eigenvalue weighted by molar-refractivity contribution is -0.113. The molecule has 3 aromatic rings. The molecule has 4 rings (SSSR count). The van der Waals surface area contributed by atoms with Crippen molar-refractivity contribution in [2.75, 3.05) is 43.9 Å². The Bertz CT molecular complexity index is 985. The molecule has 2 aromatic carbocycles. The van der Waals surface area contributed by atoms with E-state index in [-0.39, 0.29) is 11.7 Å². The molecule has 0 spiro atoms. The number of nitrogens with one attached hydrogen (secondary N) is 1. The SMILES string of the molecule is Cc1ccc(NC(=O)CSc2nnc(-c3ccccc3)n2CCN2CCOCC2)cc1. The fourth-order valence-corrected chi connectivity index (χ4v) is 4.19. The minimum Gasteiger partial charge on any atom is -0.379 e. The molecule has 162 valence electrons. The van der Waals surface area contributed by atoms with E-state index in [2.05, 4.69) is 25.0 Å². The number of hydrogen-bond acceptors (Lipinski definition) is 6. The molecule has 1 N–H and O–H groups in total. The number of benzene rings is 2. The Hall–Kier alpha value is -2.68. The maximum absolute atomic E-state index is 12.5. The molecule has 0 atom stereocenters. The molecule has 1 aliphatic heterocycles. The average molecular weight is 438 g/mol. The van der Waals surface area contributed by atoms with E-state index in [0.29, 0.717) is 0 Å². The van der Waals surface area contributed by atoms with E-state index in [1.54, 1.807) is 0 Å². The minimum absolute atomic E-state index is 0.0576. The summed E-state index contributed by atoms with van der Waals surface area (Å²) in [4.78, 5) is 14.8. The lowest BCUT2D eigenvalue weighted by Gasteiger charge is -2.27. The largest absolute Gasteiger partial charge is 0.379 e. The van der Waals surface area contributed by atoms with Gasteiger partial charge in [0.05, 0.1) is 19.0 Å². The van der Waals surface area contributed by atoms with Crippen LogP contribution in [0.5, 0.6) is 0 Å². The van der Waals surface area contributed by atoms with E-state index in [9.17, 15) is 4.79 Å². The Morgan fingerprint density at radius 3 is 2.52 bits per heavy atom. The van der Waals surface area contributed by atoms with Gasteiger partial charge in [-0.2, -0.15) is 0 Å². The molecule has 0 aliphatic carbocycles. The first kappa shape index (κ1) is 21.5. The van der Waals surface area contributed by atoms with Crippen LogP contribution < -0.4 is 5.32 Å². The fraction of sp³-hybridized carbons (Fsp3) is 0.348. The molecule has 7 nitrogen and oxygen atoms in total. The van der Waals surface area contributed by atoms with Gasteiger partial charge in [-0.15, -0.1) is 10.2 Å². The van der Waals surface area contributed by atoms with Crippen molar-refractivity contribution in [1.82, 2.24) is 19.7 Å². The van der Waals surface area contributed by atoms with Gasteiger partial charge < -0.3 is 14.6 Å². The van der Waals surface area contributed by atoms with E-state index in [0.717, 1.165) is 67.2 Å². The maximum atomic E-state index is 12.5. The molecule has 2 heterocycles. The summed E-state index contributed by atoms with van der Waals surface area (Å²) < 4.78 is 7.57. The van der Waals surface area contributed by atoms with Gasteiger partial charge in [0.15, 0.2) is 11.0 Å². The topological polar surface area (TPSA) is 72.3 Å². The van der Waals surface area contributed by atoms with Gasteiger partial charge in [0.2, 0.25) is 5.91 Å². The molecule has 1 aliphatic rings. The monoisotopic (exact) mass is 437 g/mol.